The van der Waals surface area contributed by atoms with Crippen molar-refractivity contribution in [3.63, 3.8) is 0 Å². The van der Waals surface area contributed by atoms with Gasteiger partial charge in [-0.25, -0.2) is 0 Å². The van der Waals surface area contributed by atoms with Crippen LogP contribution >= 0.6 is 0 Å². The van der Waals surface area contributed by atoms with Gasteiger partial charge in [0.25, 0.3) is 5.91 Å². The average molecular weight is 426 g/mol. The Labute approximate surface area is 175 Å². The van der Waals surface area contributed by atoms with E-state index in [0.29, 0.717) is 25.2 Å². The summed E-state index contributed by atoms with van der Waals surface area (Å²) in [5.74, 6) is -0.761. The van der Waals surface area contributed by atoms with Crippen molar-refractivity contribution < 1.29 is 27.5 Å². The number of hydrogen-bond acceptors (Lipinski definition) is 3. The summed E-state index contributed by atoms with van der Waals surface area (Å²) in [6, 6.07) is 3.66. The van der Waals surface area contributed by atoms with Crippen LogP contribution in [0.1, 0.15) is 68.8 Å². The monoisotopic (exact) mass is 426 g/mol. The van der Waals surface area contributed by atoms with Gasteiger partial charge in [-0.05, 0) is 57.1 Å². The lowest BCUT2D eigenvalue weighted by atomic mass is 9.83. The molecule has 2 atom stereocenters. The first-order valence-corrected chi connectivity index (χ1v) is 10.5. The predicted octanol–water partition coefficient (Wildman–Crippen LogP) is 4.37. The van der Waals surface area contributed by atoms with E-state index in [9.17, 15) is 22.8 Å². The second kappa shape index (κ2) is 8.57. The molecule has 2 amide bonds. The van der Waals surface area contributed by atoms with Crippen molar-refractivity contribution in [2.45, 2.75) is 76.9 Å². The molecule has 1 aliphatic heterocycles. The number of nitrogens with one attached hydrogen (secondary N) is 1. The number of nitrogens with zero attached hydrogens (tertiary/aromatic N) is 1. The SMILES string of the molecule is CC[C@H](C)NC(=O)[C@@H]1COC2(CCC(C)CC2)N1C(=O)c1ccccc1C(F)(F)F. The summed E-state index contributed by atoms with van der Waals surface area (Å²) in [4.78, 5) is 27.7. The van der Waals surface area contributed by atoms with Gasteiger partial charge in [-0.2, -0.15) is 13.2 Å². The Bertz CT molecular complexity index is 788. The second-order valence-corrected chi connectivity index (χ2v) is 8.49. The van der Waals surface area contributed by atoms with E-state index in [0.717, 1.165) is 18.9 Å². The van der Waals surface area contributed by atoms with Crippen LogP contribution in [-0.4, -0.2) is 41.1 Å². The summed E-state index contributed by atoms with van der Waals surface area (Å²) >= 11 is 0. The Morgan fingerprint density at radius 2 is 1.90 bits per heavy atom. The minimum atomic E-state index is -4.67. The summed E-state index contributed by atoms with van der Waals surface area (Å²) in [6.45, 7) is 5.84. The van der Waals surface area contributed by atoms with Crippen LogP contribution < -0.4 is 5.32 Å². The molecule has 30 heavy (non-hydrogen) atoms. The van der Waals surface area contributed by atoms with E-state index in [2.05, 4.69) is 12.2 Å². The highest BCUT2D eigenvalue weighted by molar-refractivity contribution is 5.99. The molecule has 166 valence electrons. The van der Waals surface area contributed by atoms with E-state index in [-0.39, 0.29) is 12.6 Å². The molecule has 1 aromatic carbocycles. The molecule has 8 heteroatoms. The molecule has 1 spiro atoms. The maximum absolute atomic E-state index is 13.6. The number of rotatable bonds is 4. The second-order valence-electron chi connectivity index (χ2n) is 8.49. The molecule has 1 aromatic rings. The maximum atomic E-state index is 13.6. The smallest absolute Gasteiger partial charge is 0.353 e. The van der Waals surface area contributed by atoms with Crippen molar-refractivity contribution in [1.82, 2.24) is 10.2 Å². The Hall–Kier alpha value is -2.09. The third-order valence-corrected chi connectivity index (χ3v) is 6.30. The maximum Gasteiger partial charge on any atom is 0.417 e. The fourth-order valence-electron chi connectivity index (χ4n) is 4.27. The number of carbonyl (C=O) groups excluding carboxylic acids is 2. The van der Waals surface area contributed by atoms with E-state index >= 15 is 0 Å². The van der Waals surface area contributed by atoms with Gasteiger partial charge in [0.2, 0.25) is 5.91 Å². The van der Waals surface area contributed by atoms with E-state index in [1.807, 2.05) is 13.8 Å². The highest BCUT2D eigenvalue weighted by Gasteiger charge is 2.54. The fourth-order valence-corrected chi connectivity index (χ4v) is 4.27. The average Bonchev–Trinajstić information content (AvgIpc) is 3.08. The van der Waals surface area contributed by atoms with Gasteiger partial charge in [-0.3, -0.25) is 14.5 Å². The van der Waals surface area contributed by atoms with Crippen LogP contribution in [0.25, 0.3) is 0 Å². The summed E-state index contributed by atoms with van der Waals surface area (Å²) in [6.07, 6.45) is -1.40. The molecule has 1 N–H and O–H groups in total. The van der Waals surface area contributed by atoms with Crippen molar-refractivity contribution in [2.75, 3.05) is 6.61 Å². The molecule has 0 bridgehead atoms. The van der Waals surface area contributed by atoms with Gasteiger partial charge in [0, 0.05) is 6.04 Å². The lowest BCUT2D eigenvalue weighted by Crippen LogP contribution is -2.57. The molecule has 0 radical (unpaired) electrons. The van der Waals surface area contributed by atoms with Gasteiger partial charge in [-0.1, -0.05) is 26.0 Å². The molecular formula is C22H29F3N2O3. The van der Waals surface area contributed by atoms with E-state index in [4.69, 9.17) is 4.74 Å². The molecule has 1 heterocycles. The lowest BCUT2D eigenvalue weighted by Gasteiger charge is -2.43. The number of amides is 2. The van der Waals surface area contributed by atoms with Crippen molar-refractivity contribution in [2.24, 2.45) is 5.92 Å². The van der Waals surface area contributed by atoms with Gasteiger partial charge in [0.05, 0.1) is 17.7 Å². The molecule has 1 saturated heterocycles. The number of hydrogen-bond donors (Lipinski definition) is 1. The lowest BCUT2D eigenvalue weighted by molar-refractivity contribution is -0.138. The largest absolute Gasteiger partial charge is 0.417 e. The molecule has 0 aromatic heterocycles. The van der Waals surface area contributed by atoms with E-state index in [1.165, 1.54) is 23.1 Å². The van der Waals surface area contributed by atoms with E-state index in [1.54, 1.807) is 0 Å². The number of halogens is 3. The first kappa shape index (κ1) is 22.6. The molecular weight excluding hydrogens is 397 g/mol. The van der Waals surface area contributed by atoms with Crippen LogP contribution in [0, 0.1) is 5.92 Å². The molecule has 3 rings (SSSR count). The van der Waals surface area contributed by atoms with Crippen LogP contribution in [-0.2, 0) is 15.7 Å². The van der Waals surface area contributed by atoms with Crippen molar-refractivity contribution in [3.05, 3.63) is 35.4 Å². The topological polar surface area (TPSA) is 58.6 Å². The van der Waals surface area contributed by atoms with Gasteiger partial charge >= 0.3 is 6.18 Å². The summed E-state index contributed by atoms with van der Waals surface area (Å²) in [5.41, 5.74) is -2.49. The number of benzene rings is 1. The minimum absolute atomic E-state index is 0.0173. The molecule has 2 aliphatic rings. The van der Waals surface area contributed by atoms with Crippen LogP contribution in [0.15, 0.2) is 24.3 Å². The molecule has 0 unspecified atom stereocenters. The Kier molecular flexibility index (Phi) is 6.45. The summed E-state index contributed by atoms with van der Waals surface area (Å²) < 4.78 is 46.7. The fraction of sp³-hybridized carbons (Fsp3) is 0.636. The van der Waals surface area contributed by atoms with Gasteiger partial charge in [-0.15, -0.1) is 0 Å². The Morgan fingerprint density at radius 1 is 1.27 bits per heavy atom. The van der Waals surface area contributed by atoms with Crippen LogP contribution in [0.5, 0.6) is 0 Å². The Morgan fingerprint density at radius 3 is 2.50 bits per heavy atom. The normalized spacial score (nSPS) is 27.9. The molecule has 1 aliphatic carbocycles. The first-order valence-electron chi connectivity index (χ1n) is 10.5. The van der Waals surface area contributed by atoms with Gasteiger partial charge in [0.1, 0.15) is 11.8 Å². The van der Waals surface area contributed by atoms with Crippen molar-refractivity contribution in [3.8, 4) is 0 Å². The van der Waals surface area contributed by atoms with Gasteiger partial charge in [0.15, 0.2) is 0 Å². The zero-order valence-electron chi connectivity index (χ0n) is 17.6. The first-order chi connectivity index (χ1) is 14.1. The highest BCUT2D eigenvalue weighted by Crippen LogP contribution is 2.44. The predicted molar refractivity (Wildman–Crippen MR) is 106 cm³/mol. The molecule has 5 nitrogen and oxygen atoms in total. The number of alkyl halides is 3. The highest BCUT2D eigenvalue weighted by atomic mass is 19.4. The summed E-state index contributed by atoms with van der Waals surface area (Å²) in [5, 5.41) is 2.85. The molecule has 2 fully saturated rings. The van der Waals surface area contributed by atoms with Crippen LogP contribution in [0.2, 0.25) is 0 Å². The molecule has 1 saturated carbocycles. The van der Waals surface area contributed by atoms with Crippen LogP contribution in [0.3, 0.4) is 0 Å². The third kappa shape index (κ3) is 4.33. The third-order valence-electron chi connectivity index (χ3n) is 6.30. The van der Waals surface area contributed by atoms with Crippen LogP contribution in [0.4, 0.5) is 13.2 Å². The zero-order chi connectivity index (χ0) is 22.1. The van der Waals surface area contributed by atoms with E-state index < -0.39 is 40.9 Å². The number of carbonyl (C=O) groups is 2. The summed E-state index contributed by atoms with van der Waals surface area (Å²) in [7, 11) is 0. The number of ether oxygens (including phenoxy) is 1. The minimum Gasteiger partial charge on any atom is -0.353 e. The van der Waals surface area contributed by atoms with Crippen molar-refractivity contribution >= 4 is 11.8 Å². The Balaban J connectivity index is 2.01. The van der Waals surface area contributed by atoms with Gasteiger partial charge < -0.3 is 10.1 Å². The van der Waals surface area contributed by atoms with Crippen molar-refractivity contribution in [1.29, 1.82) is 0 Å². The standard InChI is InChI=1S/C22H29F3N2O3/c1-4-15(3)26-19(28)18-13-30-21(11-9-14(2)10-12-21)27(18)20(29)16-7-5-6-8-17(16)22(23,24)25/h5-8,14-15,18H,4,9-13H2,1-3H3,(H,26,28)/t14?,15-,18-,21?/m0/s1. The quantitative estimate of drug-likeness (QED) is 0.778. The zero-order valence-corrected chi connectivity index (χ0v) is 17.6.